The SMILES string of the molecule is Cc1nc(-c2ccc(OCCCCCOc3ccc(C#N)cc3)cc2)c(N2CCOCC2)s1. The van der Waals surface area contributed by atoms with E-state index in [2.05, 4.69) is 30.0 Å². The van der Waals surface area contributed by atoms with E-state index in [1.54, 1.807) is 23.5 Å². The first-order valence-corrected chi connectivity index (χ1v) is 12.2. The van der Waals surface area contributed by atoms with E-state index in [4.69, 9.17) is 24.5 Å². The molecule has 0 amide bonds. The molecular formula is C26H29N3O3S. The molecule has 33 heavy (non-hydrogen) atoms. The van der Waals surface area contributed by atoms with E-state index in [-0.39, 0.29) is 0 Å². The molecule has 1 aliphatic rings. The third-order valence-corrected chi connectivity index (χ3v) is 6.48. The van der Waals surface area contributed by atoms with Crippen LogP contribution in [0.1, 0.15) is 29.8 Å². The van der Waals surface area contributed by atoms with Crippen LogP contribution in [-0.4, -0.2) is 44.5 Å². The van der Waals surface area contributed by atoms with Crippen molar-refractivity contribution in [1.29, 1.82) is 5.26 Å². The largest absolute Gasteiger partial charge is 0.494 e. The van der Waals surface area contributed by atoms with Crippen LogP contribution in [0.4, 0.5) is 5.00 Å². The Morgan fingerprint density at radius 1 is 0.939 bits per heavy atom. The minimum atomic E-state index is 0.645. The van der Waals surface area contributed by atoms with Gasteiger partial charge in [0.25, 0.3) is 0 Å². The second kappa shape index (κ2) is 11.7. The lowest BCUT2D eigenvalue weighted by atomic mass is 10.1. The van der Waals surface area contributed by atoms with Gasteiger partial charge >= 0.3 is 0 Å². The molecule has 7 heteroatoms. The number of rotatable bonds is 10. The van der Waals surface area contributed by atoms with Crippen LogP contribution >= 0.6 is 11.3 Å². The Labute approximate surface area is 199 Å². The zero-order valence-electron chi connectivity index (χ0n) is 19.0. The molecule has 2 aromatic carbocycles. The van der Waals surface area contributed by atoms with Gasteiger partial charge in [0.05, 0.1) is 43.1 Å². The van der Waals surface area contributed by atoms with Crippen molar-refractivity contribution < 1.29 is 14.2 Å². The van der Waals surface area contributed by atoms with Crippen molar-refractivity contribution in [3.8, 4) is 28.8 Å². The molecule has 4 rings (SSSR count). The molecule has 1 saturated heterocycles. The van der Waals surface area contributed by atoms with Crippen LogP contribution in [0.15, 0.2) is 48.5 Å². The van der Waals surface area contributed by atoms with Gasteiger partial charge in [-0.05, 0) is 74.7 Å². The van der Waals surface area contributed by atoms with Gasteiger partial charge in [-0.25, -0.2) is 4.98 Å². The van der Waals surface area contributed by atoms with Crippen LogP contribution in [0.25, 0.3) is 11.3 Å². The molecule has 2 heterocycles. The summed E-state index contributed by atoms with van der Waals surface area (Å²) in [6.07, 6.45) is 2.98. The van der Waals surface area contributed by atoms with Crippen LogP contribution in [0.2, 0.25) is 0 Å². The second-order valence-electron chi connectivity index (χ2n) is 7.90. The average Bonchev–Trinajstić information content (AvgIpc) is 3.26. The third-order valence-electron chi connectivity index (χ3n) is 5.45. The molecule has 0 saturated carbocycles. The zero-order valence-corrected chi connectivity index (χ0v) is 19.8. The summed E-state index contributed by atoms with van der Waals surface area (Å²) >= 11 is 1.75. The van der Waals surface area contributed by atoms with Crippen LogP contribution in [-0.2, 0) is 4.74 Å². The van der Waals surface area contributed by atoms with Gasteiger partial charge in [0, 0.05) is 18.7 Å². The predicted molar refractivity (Wildman–Crippen MR) is 131 cm³/mol. The van der Waals surface area contributed by atoms with Crippen molar-refractivity contribution in [2.45, 2.75) is 26.2 Å². The molecule has 0 radical (unpaired) electrons. The number of unbranched alkanes of at least 4 members (excludes halogenated alkanes) is 2. The summed E-state index contributed by atoms with van der Waals surface area (Å²) in [6.45, 7) is 6.77. The Morgan fingerprint density at radius 3 is 2.15 bits per heavy atom. The first-order valence-electron chi connectivity index (χ1n) is 11.4. The number of nitrogens with zero attached hydrogens (tertiary/aromatic N) is 3. The molecule has 0 unspecified atom stereocenters. The molecule has 172 valence electrons. The molecule has 3 aromatic rings. The summed E-state index contributed by atoms with van der Waals surface area (Å²) in [5.41, 5.74) is 2.81. The fourth-order valence-corrected chi connectivity index (χ4v) is 4.67. The molecule has 0 spiro atoms. The van der Waals surface area contributed by atoms with E-state index in [9.17, 15) is 0 Å². The van der Waals surface area contributed by atoms with Crippen molar-refractivity contribution in [3.63, 3.8) is 0 Å². The predicted octanol–water partition coefficient (Wildman–Crippen LogP) is 5.45. The summed E-state index contributed by atoms with van der Waals surface area (Å²) in [6, 6.07) is 17.6. The first kappa shape index (κ1) is 23.1. The summed E-state index contributed by atoms with van der Waals surface area (Å²) < 4.78 is 17.1. The fourth-order valence-electron chi connectivity index (χ4n) is 3.68. The first-order chi connectivity index (χ1) is 16.2. The number of anilines is 1. The van der Waals surface area contributed by atoms with Crippen LogP contribution in [0, 0.1) is 18.3 Å². The number of aryl methyl sites for hydroxylation is 1. The van der Waals surface area contributed by atoms with Gasteiger partial charge in [-0.3, -0.25) is 0 Å². The summed E-state index contributed by atoms with van der Waals surface area (Å²) in [5, 5.41) is 11.1. The van der Waals surface area contributed by atoms with E-state index in [1.807, 2.05) is 24.3 Å². The highest BCUT2D eigenvalue weighted by molar-refractivity contribution is 7.16. The molecule has 1 fully saturated rings. The molecular weight excluding hydrogens is 434 g/mol. The Morgan fingerprint density at radius 2 is 1.55 bits per heavy atom. The van der Waals surface area contributed by atoms with Crippen LogP contribution < -0.4 is 14.4 Å². The number of morpholine rings is 1. The van der Waals surface area contributed by atoms with Crippen LogP contribution in [0.3, 0.4) is 0 Å². The average molecular weight is 464 g/mol. The highest BCUT2D eigenvalue weighted by Gasteiger charge is 2.19. The van der Waals surface area contributed by atoms with Gasteiger partial charge in [-0.15, -0.1) is 11.3 Å². The number of aromatic nitrogens is 1. The van der Waals surface area contributed by atoms with Gasteiger partial charge in [0.1, 0.15) is 22.2 Å². The smallest absolute Gasteiger partial charge is 0.120 e. The maximum Gasteiger partial charge on any atom is 0.120 e. The second-order valence-corrected chi connectivity index (χ2v) is 9.09. The van der Waals surface area contributed by atoms with Crippen molar-refractivity contribution in [3.05, 3.63) is 59.1 Å². The molecule has 0 atom stereocenters. The minimum Gasteiger partial charge on any atom is -0.494 e. The molecule has 0 N–H and O–H groups in total. The van der Waals surface area contributed by atoms with Gasteiger partial charge in [-0.1, -0.05) is 0 Å². The number of hydrogen-bond acceptors (Lipinski definition) is 7. The molecule has 1 aliphatic heterocycles. The molecule has 0 bridgehead atoms. The van der Waals surface area contributed by atoms with E-state index in [0.29, 0.717) is 18.8 Å². The Hall–Kier alpha value is -3.08. The summed E-state index contributed by atoms with van der Waals surface area (Å²) in [5.74, 6) is 1.69. The van der Waals surface area contributed by atoms with Crippen molar-refractivity contribution in [1.82, 2.24) is 4.98 Å². The Kier molecular flexibility index (Phi) is 8.18. The number of thiazole rings is 1. The zero-order chi connectivity index (χ0) is 22.9. The van der Waals surface area contributed by atoms with E-state index in [1.165, 1.54) is 5.00 Å². The quantitative estimate of drug-likeness (QED) is 0.372. The van der Waals surface area contributed by atoms with Crippen molar-refractivity contribution >= 4 is 16.3 Å². The van der Waals surface area contributed by atoms with E-state index in [0.717, 1.165) is 73.3 Å². The Balaban J connectivity index is 1.19. The summed E-state index contributed by atoms with van der Waals surface area (Å²) in [4.78, 5) is 7.16. The van der Waals surface area contributed by atoms with Gasteiger partial charge in [0.2, 0.25) is 0 Å². The van der Waals surface area contributed by atoms with Gasteiger partial charge in [-0.2, -0.15) is 5.26 Å². The van der Waals surface area contributed by atoms with Gasteiger partial charge < -0.3 is 19.1 Å². The number of nitriles is 1. The monoisotopic (exact) mass is 463 g/mol. The van der Waals surface area contributed by atoms with Crippen molar-refractivity contribution in [2.75, 3.05) is 44.4 Å². The maximum atomic E-state index is 8.82. The number of benzene rings is 2. The normalized spacial score (nSPS) is 13.5. The lowest BCUT2D eigenvalue weighted by Crippen LogP contribution is -2.35. The third kappa shape index (κ3) is 6.47. The molecule has 6 nitrogen and oxygen atoms in total. The number of hydrogen-bond donors (Lipinski definition) is 0. The lowest BCUT2D eigenvalue weighted by molar-refractivity contribution is 0.123. The topological polar surface area (TPSA) is 67.6 Å². The lowest BCUT2D eigenvalue weighted by Gasteiger charge is -2.28. The van der Waals surface area contributed by atoms with E-state index < -0.39 is 0 Å². The maximum absolute atomic E-state index is 8.82. The van der Waals surface area contributed by atoms with Gasteiger partial charge in [0.15, 0.2) is 0 Å². The fraction of sp³-hybridized carbons (Fsp3) is 0.385. The van der Waals surface area contributed by atoms with Crippen LogP contribution in [0.5, 0.6) is 11.5 Å². The Bertz CT molecular complexity index is 1050. The molecule has 0 aliphatic carbocycles. The minimum absolute atomic E-state index is 0.645. The standard InChI is InChI=1S/C26H29N3O3S/c1-20-28-25(26(33-20)29-13-17-30-18-14-29)22-7-11-24(12-8-22)32-16-4-2-3-15-31-23-9-5-21(19-27)6-10-23/h5-12H,2-4,13-18H2,1H3. The number of ether oxygens (including phenoxy) is 3. The highest BCUT2D eigenvalue weighted by atomic mass is 32.1. The molecule has 1 aromatic heterocycles. The highest BCUT2D eigenvalue weighted by Crippen LogP contribution is 2.36. The summed E-state index contributed by atoms with van der Waals surface area (Å²) in [7, 11) is 0. The van der Waals surface area contributed by atoms with Crippen molar-refractivity contribution in [2.24, 2.45) is 0 Å². The van der Waals surface area contributed by atoms with E-state index >= 15 is 0 Å².